The molecule has 3 fully saturated rings. The second-order valence-corrected chi connectivity index (χ2v) is 7.50. The molecule has 0 aromatic carbocycles. The van der Waals surface area contributed by atoms with Crippen molar-refractivity contribution in [2.45, 2.75) is 63.5 Å². The van der Waals surface area contributed by atoms with Gasteiger partial charge in [-0.3, -0.25) is 9.59 Å². The van der Waals surface area contributed by atoms with Crippen molar-refractivity contribution in [3.8, 4) is 0 Å². The summed E-state index contributed by atoms with van der Waals surface area (Å²) in [4.78, 5) is 30.8. The van der Waals surface area contributed by atoms with E-state index in [-0.39, 0.29) is 18.4 Å². The smallest absolute Gasteiger partial charge is 0.245 e. The summed E-state index contributed by atoms with van der Waals surface area (Å²) in [5, 5.41) is 9.81. The van der Waals surface area contributed by atoms with Crippen LogP contribution in [-0.2, 0) is 9.59 Å². The predicted octanol–water partition coefficient (Wildman–Crippen LogP) is 0.837. The van der Waals surface area contributed by atoms with Crippen LogP contribution in [-0.4, -0.2) is 83.0 Å². The lowest BCUT2D eigenvalue weighted by Crippen LogP contribution is -2.62. The maximum atomic E-state index is 12.6. The van der Waals surface area contributed by atoms with E-state index >= 15 is 0 Å². The number of unbranched alkanes of at least 4 members (excludes halogenated alkanes) is 1. The molecule has 136 valence electrons. The molecule has 24 heavy (non-hydrogen) atoms. The van der Waals surface area contributed by atoms with E-state index in [1.54, 1.807) is 9.80 Å². The molecule has 1 N–H and O–H groups in total. The van der Waals surface area contributed by atoms with Crippen molar-refractivity contribution >= 4 is 11.8 Å². The Morgan fingerprint density at radius 2 is 1.67 bits per heavy atom. The van der Waals surface area contributed by atoms with Crippen LogP contribution in [0.15, 0.2) is 0 Å². The lowest BCUT2D eigenvalue weighted by atomic mass is 9.96. The molecule has 2 atom stereocenters. The monoisotopic (exact) mass is 337 g/mol. The zero-order chi connectivity index (χ0) is 16.9. The first-order chi connectivity index (χ1) is 11.6. The van der Waals surface area contributed by atoms with Crippen molar-refractivity contribution in [2.24, 2.45) is 0 Å². The van der Waals surface area contributed by atoms with Gasteiger partial charge in [-0.1, -0.05) is 12.8 Å². The second-order valence-electron chi connectivity index (χ2n) is 7.50. The molecule has 3 aliphatic rings. The molecule has 3 saturated heterocycles. The van der Waals surface area contributed by atoms with E-state index in [0.717, 1.165) is 19.4 Å². The van der Waals surface area contributed by atoms with Gasteiger partial charge in [0.2, 0.25) is 11.8 Å². The fraction of sp³-hybridized carbons (Fsp3) is 0.889. The van der Waals surface area contributed by atoms with Gasteiger partial charge in [-0.25, -0.2) is 0 Å². The lowest BCUT2D eigenvalue weighted by Gasteiger charge is -2.44. The highest BCUT2D eigenvalue weighted by atomic mass is 16.3. The van der Waals surface area contributed by atoms with Crippen LogP contribution in [0.1, 0.15) is 51.4 Å². The quantitative estimate of drug-likeness (QED) is 0.755. The number of carbonyl (C=O) groups excluding carboxylic acids is 2. The Kier molecular flexibility index (Phi) is 6.11. The van der Waals surface area contributed by atoms with Crippen LogP contribution in [0.25, 0.3) is 0 Å². The van der Waals surface area contributed by atoms with Crippen LogP contribution in [0.4, 0.5) is 0 Å². The first-order valence-corrected chi connectivity index (χ1v) is 9.64. The fourth-order valence-electron chi connectivity index (χ4n) is 4.21. The summed E-state index contributed by atoms with van der Waals surface area (Å²) in [6.07, 6.45) is 7.87. The zero-order valence-corrected chi connectivity index (χ0v) is 14.7. The molecule has 6 heteroatoms. The molecule has 0 bridgehead atoms. The topological polar surface area (TPSA) is 64.1 Å². The van der Waals surface area contributed by atoms with Gasteiger partial charge in [0.15, 0.2) is 0 Å². The highest BCUT2D eigenvalue weighted by Crippen LogP contribution is 2.23. The number of rotatable bonds is 5. The highest BCUT2D eigenvalue weighted by molar-refractivity contribution is 5.95. The summed E-state index contributed by atoms with van der Waals surface area (Å²) in [6, 6.07) is -0.430. The van der Waals surface area contributed by atoms with Gasteiger partial charge in [-0.05, 0) is 51.7 Å². The largest absolute Gasteiger partial charge is 0.393 e. The molecule has 0 aromatic rings. The summed E-state index contributed by atoms with van der Waals surface area (Å²) in [5.41, 5.74) is 0. The van der Waals surface area contributed by atoms with Crippen LogP contribution < -0.4 is 0 Å². The minimum atomic E-state index is -0.453. The third-order valence-electron chi connectivity index (χ3n) is 5.67. The molecule has 6 nitrogen and oxygen atoms in total. The SMILES string of the molecule is O=C1[C@@H]2C[C@H](O)CCN2C(=O)CN1CCCCN1CCCCCC1. The van der Waals surface area contributed by atoms with Crippen LogP contribution in [0.3, 0.4) is 0 Å². The number of aliphatic hydroxyl groups is 1. The maximum absolute atomic E-state index is 12.6. The third-order valence-corrected chi connectivity index (χ3v) is 5.67. The normalized spacial score (nSPS) is 29.5. The van der Waals surface area contributed by atoms with Gasteiger partial charge < -0.3 is 19.8 Å². The molecular formula is C18H31N3O3. The van der Waals surface area contributed by atoms with Gasteiger partial charge in [0.1, 0.15) is 6.04 Å². The van der Waals surface area contributed by atoms with E-state index in [4.69, 9.17) is 0 Å². The Hall–Kier alpha value is -1.14. The van der Waals surface area contributed by atoms with Crippen LogP contribution >= 0.6 is 0 Å². The van der Waals surface area contributed by atoms with E-state index in [1.165, 1.54) is 38.8 Å². The van der Waals surface area contributed by atoms with Gasteiger partial charge in [-0.15, -0.1) is 0 Å². The number of piperazine rings is 1. The number of fused-ring (bicyclic) bond motifs is 1. The Labute approximate surface area is 144 Å². The average molecular weight is 337 g/mol. The van der Waals surface area contributed by atoms with Crippen LogP contribution in [0.5, 0.6) is 0 Å². The van der Waals surface area contributed by atoms with Gasteiger partial charge in [-0.2, -0.15) is 0 Å². The first-order valence-electron chi connectivity index (χ1n) is 9.64. The molecule has 2 amide bonds. The number of hydrogen-bond acceptors (Lipinski definition) is 4. The molecule has 0 aromatic heterocycles. The fourth-order valence-corrected chi connectivity index (χ4v) is 4.21. The molecule has 0 aliphatic carbocycles. The first kappa shape index (κ1) is 17.7. The number of carbonyl (C=O) groups is 2. The standard InChI is InChI=1S/C18H31N3O3/c22-15-7-12-21-16(13-15)18(24)20(14-17(21)23)11-6-5-10-19-8-3-1-2-4-9-19/h15-16,22H,1-14H2/t15-,16+/m1/s1. The van der Waals surface area contributed by atoms with E-state index in [0.29, 0.717) is 25.9 Å². The van der Waals surface area contributed by atoms with Gasteiger partial charge in [0.25, 0.3) is 0 Å². The highest BCUT2D eigenvalue weighted by Gasteiger charge is 2.42. The number of aliphatic hydroxyl groups excluding tert-OH is 1. The van der Waals surface area contributed by atoms with Crippen molar-refractivity contribution in [3.63, 3.8) is 0 Å². The number of amides is 2. The van der Waals surface area contributed by atoms with Crippen molar-refractivity contribution in [3.05, 3.63) is 0 Å². The molecule has 3 aliphatic heterocycles. The number of nitrogens with zero attached hydrogens (tertiary/aromatic N) is 3. The summed E-state index contributed by atoms with van der Waals surface area (Å²) in [7, 11) is 0. The molecule has 3 rings (SSSR count). The summed E-state index contributed by atoms with van der Waals surface area (Å²) in [5.74, 6) is 0.0714. The van der Waals surface area contributed by atoms with Crippen molar-refractivity contribution in [2.75, 3.05) is 39.3 Å². The van der Waals surface area contributed by atoms with Crippen molar-refractivity contribution in [1.29, 1.82) is 0 Å². The maximum Gasteiger partial charge on any atom is 0.245 e. The molecular weight excluding hydrogens is 306 g/mol. The minimum absolute atomic E-state index is 0.0307. The minimum Gasteiger partial charge on any atom is -0.393 e. The van der Waals surface area contributed by atoms with Crippen molar-refractivity contribution in [1.82, 2.24) is 14.7 Å². The van der Waals surface area contributed by atoms with Gasteiger partial charge in [0, 0.05) is 19.5 Å². The van der Waals surface area contributed by atoms with Crippen LogP contribution in [0.2, 0.25) is 0 Å². The molecule has 0 unspecified atom stereocenters. The Bertz CT molecular complexity index is 449. The number of likely N-dealkylation sites (tertiary alicyclic amines) is 1. The van der Waals surface area contributed by atoms with Crippen LogP contribution in [0, 0.1) is 0 Å². The predicted molar refractivity (Wildman–Crippen MR) is 91.5 cm³/mol. The molecule has 3 heterocycles. The summed E-state index contributed by atoms with van der Waals surface area (Å²) < 4.78 is 0. The van der Waals surface area contributed by atoms with E-state index in [9.17, 15) is 14.7 Å². The van der Waals surface area contributed by atoms with E-state index < -0.39 is 12.1 Å². The number of piperidine rings is 1. The van der Waals surface area contributed by atoms with E-state index in [1.807, 2.05) is 0 Å². The zero-order valence-electron chi connectivity index (χ0n) is 14.7. The lowest BCUT2D eigenvalue weighted by molar-refractivity contribution is -0.160. The second kappa shape index (κ2) is 8.30. The average Bonchev–Trinajstić information content (AvgIpc) is 2.84. The molecule has 0 radical (unpaired) electrons. The Morgan fingerprint density at radius 3 is 2.42 bits per heavy atom. The van der Waals surface area contributed by atoms with Gasteiger partial charge >= 0.3 is 0 Å². The Balaban J connectivity index is 1.43. The van der Waals surface area contributed by atoms with Crippen molar-refractivity contribution < 1.29 is 14.7 Å². The third kappa shape index (κ3) is 4.28. The summed E-state index contributed by atoms with van der Waals surface area (Å²) in [6.45, 7) is 4.91. The Morgan fingerprint density at radius 1 is 0.958 bits per heavy atom. The van der Waals surface area contributed by atoms with Gasteiger partial charge in [0.05, 0.1) is 12.6 Å². The summed E-state index contributed by atoms with van der Waals surface area (Å²) >= 11 is 0. The number of hydrogen-bond donors (Lipinski definition) is 1. The molecule has 0 saturated carbocycles. The van der Waals surface area contributed by atoms with E-state index in [2.05, 4.69) is 4.90 Å². The molecule has 0 spiro atoms.